The van der Waals surface area contributed by atoms with Gasteiger partial charge in [0.05, 0.1) is 5.52 Å². The topological polar surface area (TPSA) is 12.9 Å². The van der Waals surface area contributed by atoms with E-state index in [0.717, 1.165) is 10.9 Å². The molecular weight excluding hydrogens is 635 g/mol. The number of fused-ring (bicyclic) bond motifs is 6. The fourth-order valence-corrected chi connectivity index (χ4v) is 9.04. The summed E-state index contributed by atoms with van der Waals surface area (Å²) < 4.78 is 2.62. The number of pyridine rings is 1. The number of rotatable bonds is 5. The van der Waals surface area contributed by atoms with Gasteiger partial charge in [-0.05, 0) is 80.2 Å². The van der Waals surface area contributed by atoms with Gasteiger partial charge in [-0.2, -0.15) is 0 Å². The average molecular weight is 666 g/mol. The van der Waals surface area contributed by atoms with E-state index in [1.807, 2.05) is 23.6 Å². The SMILES string of the molecule is c1ccc(-c2cc(-c3ccccc3)c3sc4c(-c5ccccc5)cc(-c5ccccc5-c5cccc6ccc7cccnc7c56)cc4c3c2)cc1. The summed E-state index contributed by atoms with van der Waals surface area (Å²) in [7, 11) is 0. The van der Waals surface area contributed by atoms with Gasteiger partial charge in [0.1, 0.15) is 0 Å². The molecule has 0 fully saturated rings. The molecule has 238 valence electrons. The zero-order chi connectivity index (χ0) is 33.7. The average Bonchev–Trinajstić information content (AvgIpc) is 3.59. The third-order valence-corrected chi connectivity index (χ3v) is 11.4. The Morgan fingerprint density at radius 3 is 1.55 bits per heavy atom. The van der Waals surface area contributed by atoms with Gasteiger partial charge in [0.2, 0.25) is 0 Å². The number of thiophene rings is 1. The van der Waals surface area contributed by atoms with Crippen LogP contribution in [0, 0.1) is 0 Å². The molecule has 2 heterocycles. The second-order valence-electron chi connectivity index (χ2n) is 13.1. The van der Waals surface area contributed by atoms with Crippen molar-refractivity contribution >= 4 is 53.2 Å². The van der Waals surface area contributed by atoms with E-state index in [0.29, 0.717) is 0 Å². The second kappa shape index (κ2) is 12.2. The van der Waals surface area contributed by atoms with E-state index < -0.39 is 0 Å². The fraction of sp³-hybridized carbons (Fsp3) is 0. The molecule has 0 aliphatic rings. The summed E-state index contributed by atoms with van der Waals surface area (Å²) in [5.41, 5.74) is 13.3. The van der Waals surface area contributed by atoms with Crippen LogP contribution in [0.3, 0.4) is 0 Å². The molecule has 0 unspecified atom stereocenters. The van der Waals surface area contributed by atoms with Crippen LogP contribution in [0.4, 0.5) is 0 Å². The van der Waals surface area contributed by atoms with Crippen LogP contribution >= 0.6 is 11.3 Å². The number of hydrogen-bond acceptors (Lipinski definition) is 2. The molecule has 0 saturated heterocycles. The molecule has 0 radical (unpaired) electrons. The van der Waals surface area contributed by atoms with Crippen LogP contribution in [0.15, 0.2) is 188 Å². The quantitative estimate of drug-likeness (QED) is 0.167. The van der Waals surface area contributed by atoms with Crippen molar-refractivity contribution in [2.45, 2.75) is 0 Å². The Kier molecular flexibility index (Phi) is 7.07. The van der Waals surface area contributed by atoms with E-state index in [1.54, 1.807) is 0 Å². The van der Waals surface area contributed by atoms with Gasteiger partial charge in [0.25, 0.3) is 0 Å². The molecule has 10 aromatic rings. The first-order valence-electron chi connectivity index (χ1n) is 17.4. The highest BCUT2D eigenvalue weighted by molar-refractivity contribution is 7.27. The monoisotopic (exact) mass is 665 g/mol. The molecule has 1 nitrogen and oxygen atoms in total. The minimum absolute atomic E-state index is 1.03. The standard InChI is InChI=1S/C49H31NS/c1-4-14-32(15-5-1)37-28-42(33-16-6-2-7-17-33)48-44(29-37)45-31-38(30-43(49(45)51-48)34-18-8-3-9-19-34)39-22-10-11-23-40(39)41-24-12-20-35-25-26-36-21-13-27-50-47(36)46(35)41/h1-31H. The predicted molar refractivity (Wildman–Crippen MR) is 219 cm³/mol. The highest BCUT2D eigenvalue weighted by Gasteiger charge is 2.20. The Morgan fingerprint density at radius 2 is 0.863 bits per heavy atom. The third kappa shape index (κ3) is 5.03. The Morgan fingerprint density at radius 1 is 0.333 bits per heavy atom. The molecular formula is C49H31NS. The number of hydrogen-bond donors (Lipinski definition) is 0. The van der Waals surface area contributed by atoms with Crippen molar-refractivity contribution in [3.8, 4) is 55.6 Å². The summed E-state index contributed by atoms with van der Waals surface area (Å²) in [6, 6.07) is 66.2. The van der Waals surface area contributed by atoms with Gasteiger partial charge in [-0.15, -0.1) is 11.3 Å². The zero-order valence-electron chi connectivity index (χ0n) is 27.8. The van der Waals surface area contributed by atoms with E-state index in [1.165, 1.54) is 86.6 Å². The fourth-order valence-electron chi connectivity index (χ4n) is 7.71. The highest BCUT2D eigenvalue weighted by Crippen LogP contribution is 2.48. The van der Waals surface area contributed by atoms with E-state index in [-0.39, 0.29) is 0 Å². The molecule has 0 spiro atoms. The molecule has 0 atom stereocenters. The predicted octanol–water partition coefficient (Wildman–Crippen LogP) is 14.1. The number of benzene rings is 8. The van der Waals surface area contributed by atoms with Gasteiger partial charge in [-0.1, -0.05) is 152 Å². The molecule has 8 aromatic carbocycles. The summed E-state index contributed by atoms with van der Waals surface area (Å²) in [5, 5.41) is 6.09. The maximum atomic E-state index is 4.89. The molecule has 0 N–H and O–H groups in total. The highest BCUT2D eigenvalue weighted by atomic mass is 32.1. The molecule has 2 aromatic heterocycles. The first-order chi connectivity index (χ1) is 25.3. The van der Waals surface area contributed by atoms with E-state index in [9.17, 15) is 0 Å². The van der Waals surface area contributed by atoms with Gasteiger partial charge >= 0.3 is 0 Å². The van der Waals surface area contributed by atoms with Crippen molar-refractivity contribution in [3.05, 3.63) is 188 Å². The van der Waals surface area contributed by atoms with Crippen LogP contribution in [-0.2, 0) is 0 Å². The summed E-state index contributed by atoms with van der Waals surface area (Å²) in [4.78, 5) is 4.89. The van der Waals surface area contributed by atoms with Crippen molar-refractivity contribution in [1.82, 2.24) is 4.98 Å². The lowest BCUT2D eigenvalue weighted by Crippen LogP contribution is -1.90. The molecule has 0 aliphatic carbocycles. The van der Waals surface area contributed by atoms with Gasteiger partial charge in [-0.25, -0.2) is 0 Å². The van der Waals surface area contributed by atoms with Gasteiger partial charge < -0.3 is 0 Å². The number of aromatic nitrogens is 1. The zero-order valence-corrected chi connectivity index (χ0v) is 28.6. The van der Waals surface area contributed by atoms with Gasteiger partial charge in [-0.3, -0.25) is 4.98 Å². The lowest BCUT2D eigenvalue weighted by Gasteiger charge is -2.15. The van der Waals surface area contributed by atoms with Gasteiger partial charge in [0, 0.05) is 48.3 Å². The van der Waals surface area contributed by atoms with Crippen molar-refractivity contribution in [3.63, 3.8) is 0 Å². The first-order valence-corrected chi connectivity index (χ1v) is 18.2. The Hall–Kier alpha value is -6.35. The Balaban J connectivity index is 1.30. The summed E-state index contributed by atoms with van der Waals surface area (Å²) in [6.07, 6.45) is 1.90. The molecule has 51 heavy (non-hydrogen) atoms. The molecule has 0 amide bonds. The maximum Gasteiger partial charge on any atom is 0.0786 e. The molecule has 0 aliphatic heterocycles. The maximum absolute atomic E-state index is 4.89. The summed E-state index contributed by atoms with van der Waals surface area (Å²) in [5.74, 6) is 0. The third-order valence-electron chi connectivity index (χ3n) is 10.1. The van der Waals surface area contributed by atoms with Crippen LogP contribution in [0.25, 0.3) is 97.5 Å². The molecule has 10 rings (SSSR count). The second-order valence-corrected chi connectivity index (χ2v) is 14.1. The van der Waals surface area contributed by atoms with E-state index in [2.05, 4.69) is 176 Å². The van der Waals surface area contributed by atoms with E-state index in [4.69, 9.17) is 4.98 Å². The Bertz CT molecular complexity index is 2890. The largest absolute Gasteiger partial charge is 0.256 e. The van der Waals surface area contributed by atoms with Crippen molar-refractivity contribution in [2.75, 3.05) is 0 Å². The van der Waals surface area contributed by atoms with E-state index >= 15 is 0 Å². The Labute approximate surface area is 300 Å². The van der Waals surface area contributed by atoms with Crippen LogP contribution in [0.5, 0.6) is 0 Å². The van der Waals surface area contributed by atoms with Crippen molar-refractivity contribution < 1.29 is 0 Å². The summed E-state index contributed by atoms with van der Waals surface area (Å²) >= 11 is 1.91. The lowest BCUT2D eigenvalue weighted by atomic mass is 9.88. The number of nitrogens with zero attached hydrogens (tertiary/aromatic N) is 1. The van der Waals surface area contributed by atoms with Crippen molar-refractivity contribution in [2.24, 2.45) is 0 Å². The smallest absolute Gasteiger partial charge is 0.0786 e. The van der Waals surface area contributed by atoms with Crippen molar-refractivity contribution in [1.29, 1.82) is 0 Å². The van der Waals surface area contributed by atoms with Gasteiger partial charge in [0.15, 0.2) is 0 Å². The van der Waals surface area contributed by atoms with Crippen LogP contribution < -0.4 is 0 Å². The minimum Gasteiger partial charge on any atom is -0.256 e. The summed E-state index contributed by atoms with van der Waals surface area (Å²) in [6.45, 7) is 0. The minimum atomic E-state index is 1.03. The molecule has 0 saturated carbocycles. The first kappa shape index (κ1) is 29.6. The molecule has 2 heteroatoms. The van der Waals surface area contributed by atoms with Crippen LogP contribution in [0.2, 0.25) is 0 Å². The van der Waals surface area contributed by atoms with Crippen LogP contribution in [0.1, 0.15) is 0 Å². The normalized spacial score (nSPS) is 11.5. The van der Waals surface area contributed by atoms with Crippen LogP contribution in [-0.4, -0.2) is 4.98 Å². The lowest BCUT2D eigenvalue weighted by molar-refractivity contribution is 1.43. The molecule has 0 bridgehead atoms.